The number of para-hydroxylation sites is 1. The predicted molar refractivity (Wildman–Crippen MR) is 110 cm³/mol. The number of anilines is 2. The van der Waals surface area contributed by atoms with Gasteiger partial charge < -0.3 is 20.7 Å². The van der Waals surface area contributed by atoms with Gasteiger partial charge in [-0.3, -0.25) is 9.59 Å². The number of hydrogen-bond acceptors (Lipinski definition) is 4. The van der Waals surface area contributed by atoms with Gasteiger partial charge in [-0.15, -0.1) is 0 Å². The van der Waals surface area contributed by atoms with Crippen molar-refractivity contribution in [3.63, 3.8) is 0 Å². The third-order valence-corrected chi connectivity index (χ3v) is 4.99. The molecule has 6 heteroatoms. The van der Waals surface area contributed by atoms with Gasteiger partial charge in [-0.05, 0) is 49.6 Å². The Morgan fingerprint density at radius 2 is 2.00 bits per heavy atom. The summed E-state index contributed by atoms with van der Waals surface area (Å²) in [5, 5.41) is 2.96. The van der Waals surface area contributed by atoms with Crippen molar-refractivity contribution < 1.29 is 14.3 Å². The number of piperidine rings is 1. The molecule has 1 atom stereocenters. The van der Waals surface area contributed by atoms with E-state index in [9.17, 15) is 9.59 Å². The second-order valence-electron chi connectivity index (χ2n) is 7.15. The number of carbonyl (C=O) groups excluding carboxylic acids is 2. The molecule has 1 unspecified atom stereocenters. The van der Waals surface area contributed by atoms with Gasteiger partial charge in [0.15, 0.2) is 0 Å². The number of benzene rings is 2. The van der Waals surface area contributed by atoms with Gasteiger partial charge in [0.2, 0.25) is 11.8 Å². The number of nitrogens with two attached hydrogens (primary N) is 1. The zero-order valence-electron chi connectivity index (χ0n) is 16.2. The SMILES string of the molecule is Cc1ccc(N)cc1NC(=O)C1CCCN(C(=O)CCOc2ccccc2)C1. The minimum Gasteiger partial charge on any atom is -0.493 e. The summed E-state index contributed by atoms with van der Waals surface area (Å²) in [6.45, 7) is 3.39. The first-order chi connectivity index (χ1) is 13.5. The molecule has 1 heterocycles. The Hall–Kier alpha value is -3.02. The van der Waals surface area contributed by atoms with Crippen LogP contribution in [0.25, 0.3) is 0 Å². The monoisotopic (exact) mass is 381 g/mol. The van der Waals surface area contributed by atoms with E-state index in [0.717, 1.165) is 29.8 Å². The number of hydrogen-bond donors (Lipinski definition) is 2. The summed E-state index contributed by atoms with van der Waals surface area (Å²) in [5.74, 6) is 0.498. The molecule has 28 heavy (non-hydrogen) atoms. The highest BCUT2D eigenvalue weighted by Gasteiger charge is 2.28. The number of amides is 2. The second kappa shape index (κ2) is 9.26. The minimum atomic E-state index is -0.214. The molecule has 3 N–H and O–H groups in total. The molecule has 0 spiro atoms. The molecule has 0 bridgehead atoms. The maximum atomic E-state index is 12.7. The van der Waals surface area contributed by atoms with E-state index in [1.54, 1.807) is 11.0 Å². The Bertz CT molecular complexity index is 823. The summed E-state index contributed by atoms with van der Waals surface area (Å²) in [5.41, 5.74) is 8.12. The maximum Gasteiger partial charge on any atom is 0.229 e. The number of nitrogen functional groups attached to an aromatic ring is 1. The average Bonchev–Trinajstić information content (AvgIpc) is 2.71. The van der Waals surface area contributed by atoms with Crippen LogP contribution in [0, 0.1) is 12.8 Å². The summed E-state index contributed by atoms with van der Waals surface area (Å²) >= 11 is 0. The van der Waals surface area contributed by atoms with Crippen molar-refractivity contribution in [3.05, 3.63) is 54.1 Å². The summed E-state index contributed by atoms with van der Waals surface area (Å²) in [4.78, 5) is 27.0. The van der Waals surface area contributed by atoms with E-state index in [4.69, 9.17) is 10.5 Å². The fourth-order valence-corrected chi connectivity index (χ4v) is 3.36. The average molecular weight is 381 g/mol. The van der Waals surface area contributed by atoms with Gasteiger partial charge >= 0.3 is 0 Å². The predicted octanol–water partition coefficient (Wildman–Crippen LogP) is 3.22. The Kier molecular flexibility index (Phi) is 6.53. The van der Waals surface area contributed by atoms with Crippen LogP contribution in [0.15, 0.2) is 48.5 Å². The number of rotatable bonds is 6. The number of carbonyl (C=O) groups is 2. The Morgan fingerprint density at radius 1 is 1.21 bits per heavy atom. The van der Waals surface area contributed by atoms with Crippen molar-refractivity contribution in [2.45, 2.75) is 26.2 Å². The number of ether oxygens (including phenoxy) is 1. The van der Waals surface area contributed by atoms with Gasteiger partial charge in [-0.2, -0.15) is 0 Å². The van der Waals surface area contributed by atoms with Gasteiger partial charge in [-0.25, -0.2) is 0 Å². The van der Waals surface area contributed by atoms with Crippen LogP contribution in [-0.4, -0.2) is 36.4 Å². The zero-order valence-corrected chi connectivity index (χ0v) is 16.2. The highest BCUT2D eigenvalue weighted by Crippen LogP contribution is 2.22. The molecular formula is C22H27N3O3. The van der Waals surface area contributed by atoms with E-state index in [-0.39, 0.29) is 17.7 Å². The first-order valence-electron chi connectivity index (χ1n) is 9.65. The molecule has 1 aliphatic rings. The molecule has 0 aliphatic carbocycles. The molecule has 1 fully saturated rings. The van der Waals surface area contributed by atoms with Crippen LogP contribution in [0.4, 0.5) is 11.4 Å². The van der Waals surface area contributed by atoms with Crippen molar-refractivity contribution in [1.29, 1.82) is 0 Å². The van der Waals surface area contributed by atoms with Crippen molar-refractivity contribution in [1.82, 2.24) is 4.90 Å². The van der Waals surface area contributed by atoms with Crippen LogP contribution in [0.3, 0.4) is 0 Å². The van der Waals surface area contributed by atoms with E-state index in [1.807, 2.05) is 49.4 Å². The molecule has 0 radical (unpaired) electrons. The molecule has 6 nitrogen and oxygen atoms in total. The molecule has 2 aromatic rings. The zero-order chi connectivity index (χ0) is 19.9. The second-order valence-corrected chi connectivity index (χ2v) is 7.15. The van der Waals surface area contributed by atoms with Crippen LogP contribution in [0.2, 0.25) is 0 Å². The van der Waals surface area contributed by atoms with Gasteiger partial charge in [0.25, 0.3) is 0 Å². The quantitative estimate of drug-likeness (QED) is 0.753. The van der Waals surface area contributed by atoms with Crippen LogP contribution in [-0.2, 0) is 9.59 Å². The van der Waals surface area contributed by atoms with E-state index < -0.39 is 0 Å². The summed E-state index contributed by atoms with van der Waals surface area (Å²) in [6.07, 6.45) is 1.90. The molecule has 148 valence electrons. The lowest BCUT2D eigenvalue weighted by Gasteiger charge is -2.32. The van der Waals surface area contributed by atoms with Crippen LogP contribution in [0.5, 0.6) is 5.75 Å². The summed E-state index contributed by atoms with van der Waals surface area (Å²) in [7, 11) is 0. The maximum absolute atomic E-state index is 12.7. The molecule has 2 amide bonds. The van der Waals surface area contributed by atoms with E-state index in [0.29, 0.717) is 31.8 Å². The number of nitrogens with one attached hydrogen (secondary N) is 1. The van der Waals surface area contributed by atoms with Gasteiger partial charge in [0.1, 0.15) is 5.75 Å². The third-order valence-electron chi connectivity index (χ3n) is 4.99. The first-order valence-corrected chi connectivity index (χ1v) is 9.65. The molecule has 3 rings (SSSR count). The molecular weight excluding hydrogens is 354 g/mol. The first kappa shape index (κ1) is 19.7. The van der Waals surface area contributed by atoms with Gasteiger partial charge in [0, 0.05) is 24.5 Å². The van der Waals surface area contributed by atoms with Crippen molar-refractivity contribution >= 4 is 23.2 Å². The fourth-order valence-electron chi connectivity index (χ4n) is 3.36. The Balaban J connectivity index is 1.50. The van der Waals surface area contributed by atoms with Crippen molar-refractivity contribution in [2.24, 2.45) is 5.92 Å². The summed E-state index contributed by atoms with van der Waals surface area (Å²) < 4.78 is 5.61. The normalized spacial score (nSPS) is 16.5. The Morgan fingerprint density at radius 3 is 2.79 bits per heavy atom. The standard InChI is InChI=1S/C22H27N3O3/c1-16-9-10-18(23)14-20(16)24-22(27)17-6-5-12-25(15-17)21(26)11-13-28-19-7-3-2-4-8-19/h2-4,7-10,14,17H,5-6,11-13,15,23H2,1H3,(H,24,27). The lowest BCUT2D eigenvalue weighted by atomic mass is 9.96. The lowest BCUT2D eigenvalue weighted by Crippen LogP contribution is -2.44. The molecule has 1 saturated heterocycles. The minimum absolute atomic E-state index is 0.0218. The molecule has 2 aromatic carbocycles. The fraction of sp³-hybridized carbons (Fsp3) is 0.364. The van der Waals surface area contributed by atoms with Crippen LogP contribution in [0.1, 0.15) is 24.8 Å². The number of likely N-dealkylation sites (tertiary alicyclic amines) is 1. The van der Waals surface area contributed by atoms with Crippen LogP contribution < -0.4 is 15.8 Å². The topological polar surface area (TPSA) is 84.7 Å². The third kappa shape index (κ3) is 5.25. The van der Waals surface area contributed by atoms with Gasteiger partial charge in [-0.1, -0.05) is 24.3 Å². The van der Waals surface area contributed by atoms with E-state index >= 15 is 0 Å². The van der Waals surface area contributed by atoms with Gasteiger partial charge in [0.05, 0.1) is 18.9 Å². The van der Waals surface area contributed by atoms with E-state index in [1.165, 1.54) is 0 Å². The molecule has 1 aliphatic heterocycles. The van der Waals surface area contributed by atoms with E-state index in [2.05, 4.69) is 5.32 Å². The lowest BCUT2D eigenvalue weighted by molar-refractivity contribution is -0.135. The Labute approximate surface area is 165 Å². The van der Waals surface area contributed by atoms with Crippen molar-refractivity contribution in [3.8, 4) is 5.75 Å². The largest absolute Gasteiger partial charge is 0.493 e. The summed E-state index contributed by atoms with van der Waals surface area (Å²) in [6, 6.07) is 14.9. The van der Waals surface area contributed by atoms with Crippen LogP contribution >= 0.6 is 0 Å². The van der Waals surface area contributed by atoms with Crippen molar-refractivity contribution in [2.75, 3.05) is 30.7 Å². The molecule has 0 aromatic heterocycles. The highest BCUT2D eigenvalue weighted by atomic mass is 16.5. The highest BCUT2D eigenvalue weighted by molar-refractivity contribution is 5.94. The number of nitrogens with zero attached hydrogens (tertiary/aromatic N) is 1. The molecule has 0 saturated carbocycles. The number of aryl methyl sites for hydroxylation is 1. The smallest absolute Gasteiger partial charge is 0.229 e.